The average molecular weight is 445 g/mol. The van der Waals surface area contributed by atoms with Crippen molar-refractivity contribution in [1.82, 2.24) is 5.32 Å². The molecular weight excluding hydrogens is 416 g/mol. The van der Waals surface area contributed by atoms with Crippen molar-refractivity contribution in [3.63, 3.8) is 0 Å². The first-order valence-corrected chi connectivity index (χ1v) is 10.8. The number of carbonyl (C=O) groups excluding carboxylic acids is 3. The Balaban J connectivity index is 1.61. The summed E-state index contributed by atoms with van der Waals surface area (Å²) in [6.07, 6.45) is -1.06. The summed E-state index contributed by atoms with van der Waals surface area (Å²) >= 11 is 0. The number of carbonyl (C=O) groups is 3. The van der Waals surface area contributed by atoms with Crippen LogP contribution in [0.4, 0.5) is 5.69 Å². The van der Waals surface area contributed by atoms with Crippen molar-refractivity contribution in [2.75, 3.05) is 11.9 Å². The minimum Gasteiger partial charge on any atom is -0.452 e. The average Bonchev–Trinajstić information content (AvgIpc) is 2.81. The number of aryl methyl sites for hydroxylation is 2. The third kappa shape index (κ3) is 6.29. The molecule has 1 atom stereocenters. The predicted octanol–water partition coefficient (Wildman–Crippen LogP) is 4.12. The Morgan fingerprint density at radius 3 is 1.82 bits per heavy atom. The summed E-state index contributed by atoms with van der Waals surface area (Å²) in [5.41, 5.74) is 4.14. The minimum absolute atomic E-state index is 0.227. The largest absolute Gasteiger partial charge is 0.452 e. The summed E-state index contributed by atoms with van der Waals surface area (Å²) in [4.78, 5) is 37.8. The summed E-state index contributed by atoms with van der Waals surface area (Å²) in [7, 11) is 0. The van der Waals surface area contributed by atoms with Crippen molar-refractivity contribution >= 4 is 23.5 Å². The van der Waals surface area contributed by atoms with Crippen LogP contribution in [0.3, 0.4) is 0 Å². The van der Waals surface area contributed by atoms with Gasteiger partial charge >= 0.3 is 5.97 Å². The van der Waals surface area contributed by atoms with Crippen LogP contribution in [0.5, 0.6) is 0 Å². The first kappa shape index (κ1) is 23.7. The number of rotatable bonds is 8. The van der Waals surface area contributed by atoms with Crippen molar-refractivity contribution in [2.45, 2.75) is 32.8 Å². The lowest BCUT2D eigenvalue weighted by atomic mass is 9.91. The van der Waals surface area contributed by atoms with Gasteiger partial charge in [-0.05, 0) is 43.0 Å². The van der Waals surface area contributed by atoms with Crippen LogP contribution >= 0.6 is 0 Å². The molecule has 0 bridgehead atoms. The summed E-state index contributed by atoms with van der Waals surface area (Å²) in [6, 6.07) is 24.3. The monoisotopic (exact) mass is 444 g/mol. The summed E-state index contributed by atoms with van der Waals surface area (Å²) in [6.45, 7) is 5.07. The van der Waals surface area contributed by atoms with E-state index in [9.17, 15) is 14.4 Å². The lowest BCUT2D eigenvalue weighted by molar-refractivity contribution is -0.155. The van der Waals surface area contributed by atoms with Crippen molar-refractivity contribution in [3.8, 4) is 0 Å². The second kappa shape index (κ2) is 11.1. The van der Waals surface area contributed by atoms with Gasteiger partial charge in [0.15, 0.2) is 6.10 Å². The van der Waals surface area contributed by atoms with E-state index in [-0.39, 0.29) is 12.5 Å². The molecular formula is C27H28N2O4. The van der Waals surface area contributed by atoms with E-state index in [1.807, 2.05) is 92.7 Å². The molecule has 2 N–H and O–H groups in total. The summed E-state index contributed by atoms with van der Waals surface area (Å²) in [5, 5.41) is 5.35. The fraction of sp³-hybridized carbons (Fsp3) is 0.222. The molecule has 0 fully saturated rings. The molecule has 0 heterocycles. The molecule has 0 radical (unpaired) electrons. The second-order valence-electron chi connectivity index (χ2n) is 7.87. The SMILES string of the molecule is Cc1cccc(C)c1NC(=O)CNC(=O)C(C)OC(=O)C(c1ccccc1)c1ccccc1. The van der Waals surface area contributed by atoms with Gasteiger partial charge in [0.2, 0.25) is 5.91 Å². The van der Waals surface area contributed by atoms with E-state index >= 15 is 0 Å². The van der Waals surface area contributed by atoms with E-state index < -0.39 is 23.9 Å². The zero-order valence-electron chi connectivity index (χ0n) is 19.0. The molecule has 0 aliphatic carbocycles. The summed E-state index contributed by atoms with van der Waals surface area (Å²) < 4.78 is 5.49. The topological polar surface area (TPSA) is 84.5 Å². The van der Waals surface area contributed by atoms with Crippen molar-refractivity contribution in [1.29, 1.82) is 0 Å². The van der Waals surface area contributed by atoms with Crippen LogP contribution in [0.15, 0.2) is 78.9 Å². The molecule has 33 heavy (non-hydrogen) atoms. The highest BCUT2D eigenvalue weighted by Crippen LogP contribution is 2.26. The zero-order chi connectivity index (χ0) is 23.8. The molecule has 0 aliphatic rings. The van der Waals surface area contributed by atoms with E-state index in [4.69, 9.17) is 4.74 Å². The van der Waals surface area contributed by atoms with Crippen molar-refractivity contribution in [3.05, 3.63) is 101 Å². The zero-order valence-corrected chi connectivity index (χ0v) is 19.0. The highest BCUT2D eigenvalue weighted by Gasteiger charge is 2.28. The quantitative estimate of drug-likeness (QED) is 0.512. The molecule has 6 heteroatoms. The highest BCUT2D eigenvalue weighted by atomic mass is 16.5. The Hall–Kier alpha value is -3.93. The Kier molecular flexibility index (Phi) is 7.97. The van der Waals surface area contributed by atoms with Gasteiger partial charge in [0.05, 0.1) is 6.54 Å². The second-order valence-corrected chi connectivity index (χ2v) is 7.87. The molecule has 0 saturated heterocycles. The molecule has 0 aromatic heterocycles. The first-order valence-electron chi connectivity index (χ1n) is 10.8. The van der Waals surface area contributed by atoms with Gasteiger partial charge in [-0.15, -0.1) is 0 Å². The van der Waals surface area contributed by atoms with Gasteiger partial charge in [-0.25, -0.2) is 0 Å². The molecule has 1 unspecified atom stereocenters. The molecule has 0 spiro atoms. The molecule has 0 saturated carbocycles. The van der Waals surface area contributed by atoms with E-state index in [0.29, 0.717) is 0 Å². The number of ether oxygens (including phenoxy) is 1. The van der Waals surface area contributed by atoms with Crippen LogP contribution in [0, 0.1) is 13.8 Å². The van der Waals surface area contributed by atoms with Crippen LogP contribution in [0.1, 0.15) is 35.1 Å². The Bertz CT molecular complexity index is 1050. The minimum atomic E-state index is -1.06. The van der Waals surface area contributed by atoms with Crippen LogP contribution in [-0.4, -0.2) is 30.4 Å². The molecule has 170 valence electrons. The number of anilines is 1. The van der Waals surface area contributed by atoms with Gasteiger partial charge in [0.25, 0.3) is 5.91 Å². The highest BCUT2D eigenvalue weighted by molar-refractivity contribution is 5.96. The normalized spacial score (nSPS) is 11.5. The van der Waals surface area contributed by atoms with Crippen LogP contribution in [0.25, 0.3) is 0 Å². The Morgan fingerprint density at radius 1 is 0.788 bits per heavy atom. The van der Waals surface area contributed by atoms with Gasteiger partial charge in [0, 0.05) is 5.69 Å². The maximum Gasteiger partial charge on any atom is 0.318 e. The standard InChI is InChI=1S/C27H28N2O4/c1-18-11-10-12-19(2)25(18)29-23(30)17-28-26(31)20(3)33-27(32)24(21-13-6-4-7-14-21)22-15-8-5-9-16-22/h4-16,20,24H,17H2,1-3H3,(H,28,31)(H,29,30). The third-order valence-corrected chi connectivity index (χ3v) is 5.33. The number of hydrogen-bond donors (Lipinski definition) is 2. The number of benzene rings is 3. The van der Waals surface area contributed by atoms with Crippen molar-refractivity contribution in [2.24, 2.45) is 0 Å². The number of hydrogen-bond acceptors (Lipinski definition) is 4. The van der Waals surface area contributed by atoms with Gasteiger partial charge in [-0.2, -0.15) is 0 Å². The maximum atomic E-state index is 13.0. The number of para-hydroxylation sites is 1. The lowest BCUT2D eigenvalue weighted by Crippen LogP contribution is -2.40. The van der Waals surface area contributed by atoms with Gasteiger partial charge in [-0.1, -0.05) is 78.9 Å². The fourth-order valence-corrected chi connectivity index (χ4v) is 3.56. The van der Waals surface area contributed by atoms with Gasteiger partial charge < -0.3 is 15.4 Å². The van der Waals surface area contributed by atoms with Crippen LogP contribution < -0.4 is 10.6 Å². The molecule has 0 aliphatic heterocycles. The van der Waals surface area contributed by atoms with Crippen LogP contribution in [0.2, 0.25) is 0 Å². The molecule has 3 aromatic rings. The first-order chi connectivity index (χ1) is 15.9. The summed E-state index contributed by atoms with van der Waals surface area (Å²) in [5.74, 6) is -2.09. The lowest BCUT2D eigenvalue weighted by Gasteiger charge is -2.20. The maximum absolute atomic E-state index is 13.0. The predicted molar refractivity (Wildman–Crippen MR) is 128 cm³/mol. The Morgan fingerprint density at radius 2 is 1.30 bits per heavy atom. The Labute approximate surface area is 194 Å². The van der Waals surface area contributed by atoms with Gasteiger partial charge in [-0.3, -0.25) is 14.4 Å². The van der Waals surface area contributed by atoms with Crippen molar-refractivity contribution < 1.29 is 19.1 Å². The van der Waals surface area contributed by atoms with E-state index in [1.54, 1.807) is 0 Å². The number of nitrogens with one attached hydrogen (secondary N) is 2. The molecule has 3 aromatic carbocycles. The molecule has 6 nitrogen and oxygen atoms in total. The fourth-order valence-electron chi connectivity index (χ4n) is 3.56. The number of esters is 1. The van der Waals surface area contributed by atoms with E-state index in [0.717, 1.165) is 27.9 Å². The van der Waals surface area contributed by atoms with E-state index in [1.165, 1.54) is 6.92 Å². The molecule has 3 rings (SSSR count). The third-order valence-electron chi connectivity index (χ3n) is 5.33. The van der Waals surface area contributed by atoms with Gasteiger partial charge in [0.1, 0.15) is 5.92 Å². The van der Waals surface area contributed by atoms with Crippen LogP contribution in [-0.2, 0) is 19.1 Å². The molecule has 2 amide bonds. The smallest absolute Gasteiger partial charge is 0.318 e. The number of amides is 2. The van der Waals surface area contributed by atoms with E-state index in [2.05, 4.69) is 10.6 Å².